The molecule has 2 aromatic rings. The van der Waals surface area contributed by atoms with Crippen molar-refractivity contribution in [3.05, 3.63) is 77.9 Å². The second-order valence-corrected chi connectivity index (χ2v) is 4.52. The Balaban J connectivity index is 2.48. The van der Waals surface area contributed by atoms with Gasteiger partial charge in [0.1, 0.15) is 6.29 Å². The van der Waals surface area contributed by atoms with Crippen LogP contribution in [0.4, 0.5) is 0 Å². The first kappa shape index (κ1) is 13.3. The molecule has 0 aromatic heterocycles. The molecule has 0 aliphatic rings. The highest BCUT2D eigenvalue weighted by Crippen LogP contribution is 2.25. The third-order valence-electron chi connectivity index (χ3n) is 3.20. The zero-order valence-electron chi connectivity index (χ0n) is 11.1. The molecule has 1 unspecified atom stereocenters. The Morgan fingerprint density at radius 1 is 0.947 bits per heavy atom. The summed E-state index contributed by atoms with van der Waals surface area (Å²) in [6.07, 6.45) is 3.91. The summed E-state index contributed by atoms with van der Waals surface area (Å²) < 4.78 is 0. The average molecular weight is 250 g/mol. The lowest BCUT2D eigenvalue weighted by Gasteiger charge is -2.11. The third kappa shape index (κ3) is 3.41. The van der Waals surface area contributed by atoms with Gasteiger partial charge in [-0.3, -0.25) is 0 Å². The van der Waals surface area contributed by atoms with Gasteiger partial charge in [-0.25, -0.2) is 0 Å². The summed E-state index contributed by atoms with van der Waals surface area (Å²) in [6.45, 7) is 2.03. The number of hydrogen-bond acceptors (Lipinski definition) is 1. The lowest BCUT2D eigenvalue weighted by atomic mass is 9.93. The first-order valence-electron chi connectivity index (χ1n) is 6.63. The van der Waals surface area contributed by atoms with E-state index in [1.807, 2.05) is 43.3 Å². The van der Waals surface area contributed by atoms with Crippen LogP contribution in [0, 0.1) is 5.92 Å². The average Bonchev–Trinajstić information content (AvgIpc) is 2.50. The van der Waals surface area contributed by atoms with Gasteiger partial charge in [-0.05, 0) is 23.1 Å². The Bertz CT molecular complexity index is 499. The van der Waals surface area contributed by atoms with Gasteiger partial charge in [0.2, 0.25) is 0 Å². The Morgan fingerprint density at radius 2 is 1.42 bits per heavy atom. The summed E-state index contributed by atoms with van der Waals surface area (Å²) in [5.74, 6) is -0.0320. The molecule has 0 spiro atoms. The van der Waals surface area contributed by atoms with Crippen molar-refractivity contribution in [3.8, 4) is 0 Å². The van der Waals surface area contributed by atoms with Gasteiger partial charge in [0, 0.05) is 5.92 Å². The van der Waals surface area contributed by atoms with Crippen molar-refractivity contribution in [1.82, 2.24) is 0 Å². The van der Waals surface area contributed by atoms with E-state index in [0.29, 0.717) is 0 Å². The van der Waals surface area contributed by atoms with Crippen molar-refractivity contribution in [2.24, 2.45) is 5.92 Å². The van der Waals surface area contributed by atoms with Crippen molar-refractivity contribution in [2.75, 3.05) is 0 Å². The molecule has 0 N–H and O–H groups in total. The van der Waals surface area contributed by atoms with Crippen molar-refractivity contribution in [2.45, 2.75) is 13.3 Å². The predicted octanol–water partition coefficient (Wildman–Crippen LogP) is 4.34. The molecule has 0 aliphatic carbocycles. The summed E-state index contributed by atoms with van der Waals surface area (Å²) >= 11 is 0. The maximum absolute atomic E-state index is 11.1. The number of carbonyl (C=O) groups is 1. The monoisotopic (exact) mass is 250 g/mol. The molecule has 1 nitrogen and oxygen atoms in total. The molecular formula is C18H18O. The molecular weight excluding hydrogens is 232 g/mol. The summed E-state index contributed by atoms with van der Waals surface area (Å²) in [7, 11) is 0. The Kier molecular flexibility index (Phi) is 4.68. The van der Waals surface area contributed by atoms with Gasteiger partial charge in [-0.15, -0.1) is 0 Å². The zero-order valence-corrected chi connectivity index (χ0v) is 11.1. The standard InChI is InChI=1S/C18H18O/c1-2-15(14-19)13-18(16-9-5-3-6-10-16)17-11-7-4-8-12-17/h3-15H,2H2,1H3. The molecule has 0 aliphatic heterocycles. The molecule has 19 heavy (non-hydrogen) atoms. The predicted molar refractivity (Wildman–Crippen MR) is 79.8 cm³/mol. The van der Waals surface area contributed by atoms with Crippen molar-refractivity contribution < 1.29 is 4.79 Å². The van der Waals surface area contributed by atoms with Crippen molar-refractivity contribution >= 4 is 11.9 Å². The topological polar surface area (TPSA) is 17.1 Å². The normalized spacial score (nSPS) is 11.6. The van der Waals surface area contributed by atoms with Crippen LogP contribution < -0.4 is 0 Å². The van der Waals surface area contributed by atoms with Crippen LogP contribution in [-0.4, -0.2) is 6.29 Å². The number of hydrogen-bond donors (Lipinski definition) is 0. The molecule has 2 aromatic carbocycles. The van der Waals surface area contributed by atoms with Gasteiger partial charge in [-0.2, -0.15) is 0 Å². The Morgan fingerprint density at radius 3 is 1.79 bits per heavy atom. The lowest BCUT2D eigenvalue weighted by Crippen LogP contribution is -1.98. The Hall–Kier alpha value is -2.15. The molecule has 0 heterocycles. The molecule has 0 bridgehead atoms. The molecule has 0 amide bonds. The third-order valence-corrected chi connectivity index (χ3v) is 3.20. The van der Waals surface area contributed by atoms with Crippen LogP contribution in [0.25, 0.3) is 5.57 Å². The van der Waals surface area contributed by atoms with E-state index >= 15 is 0 Å². The highest BCUT2D eigenvalue weighted by Gasteiger charge is 2.08. The number of rotatable bonds is 5. The minimum absolute atomic E-state index is 0.0320. The van der Waals surface area contributed by atoms with Crippen molar-refractivity contribution in [3.63, 3.8) is 0 Å². The summed E-state index contributed by atoms with van der Waals surface area (Å²) in [5, 5.41) is 0. The van der Waals surface area contributed by atoms with Gasteiger partial charge in [0.05, 0.1) is 0 Å². The highest BCUT2D eigenvalue weighted by molar-refractivity contribution is 5.81. The first-order valence-corrected chi connectivity index (χ1v) is 6.63. The van der Waals surface area contributed by atoms with E-state index < -0.39 is 0 Å². The van der Waals surface area contributed by atoms with Gasteiger partial charge in [-0.1, -0.05) is 73.7 Å². The number of aldehydes is 1. The highest BCUT2D eigenvalue weighted by atomic mass is 16.1. The number of benzene rings is 2. The van der Waals surface area contributed by atoms with Crippen LogP contribution >= 0.6 is 0 Å². The first-order chi connectivity index (χ1) is 9.35. The van der Waals surface area contributed by atoms with Crippen LogP contribution in [0.3, 0.4) is 0 Å². The van der Waals surface area contributed by atoms with E-state index in [2.05, 4.69) is 30.3 Å². The number of allylic oxidation sites excluding steroid dienone is 1. The minimum Gasteiger partial charge on any atom is -0.303 e. The maximum atomic E-state index is 11.1. The summed E-state index contributed by atoms with van der Waals surface area (Å²) in [4.78, 5) is 11.1. The second-order valence-electron chi connectivity index (χ2n) is 4.52. The quantitative estimate of drug-likeness (QED) is 0.721. The fraction of sp³-hybridized carbons (Fsp3) is 0.167. The van der Waals surface area contributed by atoms with Gasteiger partial charge >= 0.3 is 0 Å². The fourth-order valence-corrected chi connectivity index (χ4v) is 2.06. The van der Waals surface area contributed by atoms with Gasteiger partial charge in [0.15, 0.2) is 0 Å². The van der Waals surface area contributed by atoms with Crippen LogP contribution in [0.5, 0.6) is 0 Å². The van der Waals surface area contributed by atoms with E-state index in [0.717, 1.165) is 29.4 Å². The van der Waals surface area contributed by atoms with Gasteiger partial charge < -0.3 is 4.79 Å². The van der Waals surface area contributed by atoms with Crippen LogP contribution in [0.1, 0.15) is 24.5 Å². The molecule has 0 saturated heterocycles. The fourth-order valence-electron chi connectivity index (χ4n) is 2.06. The lowest BCUT2D eigenvalue weighted by molar-refractivity contribution is -0.109. The van der Waals surface area contributed by atoms with E-state index in [9.17, 15) is 4.79 Å². The zero-order chi connectivity index (χ0) is 13.5. The number of carbonyl (C=O) groups excluding carboxylic acids is 1. The van der Waals surface area contributed by atoms with E-state index in [1.54, 1.807) is 0 Å². The smallest absolute Gasteiger partial charge is 0.126 e. The van der Waals surface area contributed by atoms with E-state index in [1.165, 1.54) is 0 Å². The molecule has 1 atom stereocenters. The van der Waals surface area contributed by atoms with E-state index in [4.69, 9.17) is 0 Å². The molecule has 0 saturated carbocycles. The second kappa shape index (κ2) is 6.69. The molecule has 0 fully saturated rings. The maximum Gasteiger partial charge on any atom is 0.126 e. The summed E-state index contributed by atoms with van der Waals surface area (Å²) in [5.41, 5.74) is 3.42. The van der Waals surface area contributed by atoms with E-state index in [-0.39, 0.29) is 5.92 Å². The molecule has 96 valence electrons. The molecule has 2 rings (SSSR count). The van der Waals surface area contributed by atoms with Crippen LogP contribution in [0.15, 0.2) is 66.7 Å². The van der Waals surface area contributed by atoms with Crippen molar-refractivity contribution in [1.29, 1.82) is 0 Å². The SMILES string of the molecule is CCC(C=O)C=C(c1ccccc1)c1ccccc1. The molecule has 0 radical (unpaired) electrons. The van der Waals surface area contributed by atoms with Crippen LogP contribution in [-0.2, 0) is 4.79 Å². The largest absolute Gasteiger partial charge is 0.303 e. The minimum atomic E-state index is -0.0320. The Labute approximate surface area is 114 Å². The summed E-state index contributed by atoms with van der Waals surface area (Å²) in [6, 6.07) is 20.4. The van der Waals surface area contributed by atoms with Crippen LogP contribution in [0.2, 0.25) is 0 Å². The molecule has 1 heteroatoms. The van der Waals surface area contributed by atoms with Gasteiger partial charge in [0.25, 0.3) is 0 Å².